The van der Waals surface area contributed by atoms with Crippen LogP contribution in [0.3, 0.4) is 0 Å². The van der Waals surface area contributed by atoms with Gasteiger partial charge in [-0.05, 0) is 6.07 Å². The van der Waals surface area contributed by atoms with Crippen molar-refractivity contribution in [3.8, 4) is 5.88 Å². The predicted molar refractivity (Wildman–Crippen MR) is 40.8 cm³/mol. The van der Waals surface area contributed by atoms with Gasteiger partial charge in [0.25, 0.3) is 0 Å². The Balaban J connectivity index is 2.74. The standard InChI is InChI=1S/C5H8N3O2P/c6-11(7,9)10-5-3-1-2-4-8-5/h1-4H,(H4,6,7,9). The van der Waals surface area contributed by atoms with Crippen LogP contribution in [0.4, 0.5) is 0 Å². The number of nitrogens with two attached hydrogens (primary N) is 2. The molecule has 0 radical (unpaired) electrons. The molecule has 0 aliphatic carbocycles. The lowest BCUT2D eigenvalue weighted by Crippen LogP contribution is -2.11. The molecule has 60 valence electrons. The zero-order valence-corrected chi connectivity index (χ0v) is 6.57. The van der Waals surface area contributed by atoms with Crippen LogP contribution >= 0.6 is 7.67 Å². The van der Waals surface area contributed by atoms with Gasteiger partial charge in [0.1, 0.15) is 0 Å². The zero-order valence-electron chi connectivity index (χ0n) is 5.68. The molecule has 1 aromatic heterocycles. The van der Waals surface area contributed by atoms with E-state index in [2.05, 4.69) is 9.51 Å². The van der Waals surface area contributed by atoms with E-state index in [4.69, 9.17) is 11.0 Å². The van der Waals surface area contributed by atoms with Crippen LogP contribution < -0.4 is 15.5 Å². The van der Waals surface area contributed by atoms with Crippen molar-refractivity contribution in [3.63, 3.8) is 0 Å². The second kappa shape index (κ2) is 3.00. The third kappa shape index (κ3) is 3.13. The Morgan fingerprint density at radius 2 is 2.18 bits per heavy atom. The Kier molecular flexibility index (Phi) is 2.24. The van der Waals surface area contributed by atoms with Crippen molar-refractivity contribution in [3.05, 3.63) is 24.4 Å². The molecule has 0 saturated carbocycles. The minimum atomic E-state index is -3.45. The van der Waals surface area contributed by atoms with Crippen LogP contribution in [0.2, 0.25) is 0 Å². The Labute approximate surface area is 63.9 Å². The average molecular weight is 173 g/mol. The third-order valence-electron chi connectivity index (χ3n) is 0.874. The van der Waals surface area contributed by atoms with Crippen molar-refractivity contribution in [1.82, 2.24) is 4.98 Å². The van der Waals surface area contributed by atoms with Crippen LogP contribution in [0.25, 0.3) is 0 Å². The Morgan fingerprint density at radius 3 is 2.64 bits per heavy atom. The number of hydrogen-bond donors (Lipinski definition) is 2. The first-order valence-corrected chi connectivity index (χ1v) is 4.62. The highest BCUT2D eigenvalue weighted by Gasteiger charge is 2.09. The summed E-state index contributed by atoms with van der Waals surface area (Å²) in [6.45, 7) is 0. The van der Waals surface area contributed by atoms with Gasteiger partial charge in [0.2, 0.25) is 5.88 Å². The molecule has 6 heteroatoms. The molecule has 5 nitrogen and oxygen atoms in total. The van der Waals surface area contributed by atoms with E-state index in [0.717, 1.165) is 0 Å². The maximum absolute atomic E-state index is 10.7. The fraction of sp³-hybridized carbons (Fsp3) is 0. The van der Waals surface area contributed by atoms with E-state index >= 15 is 0 Å². The summed E-state index contributed by atoms with van der Waals surface area (Å²) in [6.07, 6.45) is 1.49. The normalized spacial score (nSPS) is 11.1. The fourth-order valence-corrected chi connectivity index (χ4v) is 0.948. The van der Waals surface area contributed by atoms with Gasteiger partial charge in [-0.3, -0.25) is 0 Å². The molecule has 1 rings (SSSR count). The van der Waals surface area contributed by atoms with Gasteiger partial charge in [0.05, 0.1) is 0 Å². The Hall–Kier alpha value is -0.900. The van der Waals surface area contributed by atoms with Crippen LogP contribution in [-0.4, -0.2) is 4.98 Å². The number of rotatable bonds is 2. The van der Waals surface area contributed by atoms with E-state index in [1.807, 2.05) is 0 Å². The molecule has 0 atom stereocenters. The summed E-state index contributed by atoms with van der Waals surface area (Å²) in [6, 6.07) is 4.90. The van der Waals surface area contributed by atoms with E-state index in [-0.39, 0.29) is 5.88 Å². The first-order chi connectivity index (χ1) is 5.08. The van der Waals surface area contributed by atoms with Crippen LogP contribution in [0.15, 0.2) is 24.4 Å². The van der Waals surface area contributed by atoms with Crippen LogP contribution in [0, 0.1) is 0 Å². The maximum Gasteiger partial charge on any atom is 0.386 e. The molecular weight excluding hydrogens is 165 g/mol. The highest BCUT2D eigenvalue weighted by atomic mass is 31.2. The SMILES string of the molecule is NP(N)(=O)Oc1ccccn1. The largest absolute Gasteiger partial charge is 0.404 e. The number of pyridine rings is 1. The smallest absolute Gasteiger partial charge is 0.386 e. The lowest BCUT2D eigenvalue weighted by molar-refractivity contribution is 0.474. The monoisotopic (exact) mass is 173 g/mol. The molecule has 0 saturated heterocycles. The topological polar surface area (TPSA) is 91.2 Å². The number of aromatic nitrogens is 1. The lowest BCUT2D eigenvalue weighted by Gasteiger charge is -2.06. The second-order valence-electron chi connectivity index (χ2n) is 1.90. The molecular formula is C5H8N3O2P. The van der Waals surface area contributed by atoms with Gasteiger partial charge in [0.15, 0.2) is 0 Å². The van der Waals surface area contributed by atoms with Gasteiger partial charge in [-0.25, -0.2) is 20.6 Å². The molecule has 0 bridgehead atoms. The molecule has 0 aromatic carbocycles. The van der Waals surface area contributed by atoms with E-state index in [9.17, 15) is 4.57 Å². The molecule has 1 aromatic rings. The van der Waals surface area contributed by atoms with E-state index in [1.54, 1.807) is 12.1 Å². The molecule has 0 aliphatic rings. The van der Waals surface area contributed by atoms with Crippen molar-refractivity contribution < 1.29 is 9.09 Å². The van der Waals surface area contributed by atoms with Crippen LogP contribution in [-0.2, 0) is 4.57 Å². The Bertz CT molecular complexity index is 270. The van der Waals surface area contributed by atoms with E-state index < -0.39 is 7.67 Å². The predicted octanol–water partition coefficient (Wildman–Crippen LogP) is 0.486. The first kappa shape index (κ1) is 8.20. The zero-order chi connectivity index (χ0) is 8.32. The maximum atomic E-state index is 10.7. The van der Waals surface area contributed by atoms with Crippen molar-refractivity contribution in [2.75, 3.05) is 0 Å². The summed E-state index contributed by atoms with van der Waals surface area (Å²) in [5.41, 5.74) is 9.88. The summed E-state index contributed by atoms with van der Waals surface area (Å²) in [4.78, 5) is 3.71. The quantitative estimate of drug-likeness (QED) is 0.635. The molecule has 1 heterocycles. The molecule has 0 aliphatic heterocycles. The highest BCUT2D eigenvalue weighted by Crippen LogP contribution is 2.27. The van der Waals surface area contributed by atoms with Gasteiger partial charge in [-0.2, -0.15) is 0 Å². The lowest BCUT2D eigenvalue weighted by atomic mass is 10.5. The molecule has 0 spiro atoms. The summed E-state index contributed by atoms with van der Waals surface area (Å²) in [7, 11) is -3.45. The van der Waals surface area contributed by atoms with Gasteiger partial charge < -0.3 is 4.52 Å². The van der Waals surface area contributed by atoms with E-state index in [1.165, 1.54) is 12.3 Å². The summed E-state index contributed by atoms with van der Waals surface area (Å²) >= 11 is 0. The minimum absolute atomic E-state index is 0.167. The summed E-state index contributed by atoms with van der Waals surface area (Å²) in [5.74, 6) is 0.167. The number of nitrogens with zero attached hydrogens (tertiary/aromatic N) is 1. The third-order valence-corrected chi connectivity index (χ3v) is 1.35. The highest BCUT2D eigenvalue weighted by molar-refractivity contribution is 7.54. The molecule has 11 heavy (non-hydrogen) atoms. The molecule has 0 amide bonds. The van der Waals surface area contributed by atoms with E-state index in [0.29, 0.717) is 0 Å². The van der Waals surface area contributed by atoms with Gasteiger partial charge in [-0.15, -0.1) is 0 Å². The van der Waals surface area contributed by atoms with Crippen molar-refractivity contribution in [2.45, 2.75) is 0 Å². The average Bonchev–Trinajstić information content (AvgIpc) is 1.85. The second-order valence-corrected chi connectivity index (χ2v) is 3.38. The Morgan fingerprint density at radius 1 is 1.45 bits per heavy atom. The van der Waals surface area contributed by atoms with Crippen molar-refractivity contribution in [2.24, 2.45) is 11.0 Å². The fourth-order valence-electron chi connectivity index (χ4n) is 0.547. The van der Waals surface area contributed by atoms with Crippen molar-refractivity contribution >= 4 is 7.67 Å². The van der Waals surface area contributed by atoms with Crippen LogP contribution in [0.5, 0.6) is 5.88 Å². The van der Waals surface area contributed by atoms with Gasteiger partial charge in [0, 0.05) is 12.3 Å². The first-order valence-electron chi connectivity index (χ1n) is 2.86. The van der Waals surface area contributed by atoms with Crippen LogP contribution in [0.1, 0.15) is 0 Å². The number of hydrogen-bond acceptors (Lipinski definition) is 3. The molecule has 0 fully saturated rings. The minimum Gasteiger partial charge on any atom is -0.404 e. The molecule has 0 unspecified atom stereocenters. The van der Waals surface area contributed by atoms with Gasteiger partial charge >= 0.3 is 7.67 Å². The van der Waals surface area contributed by atoms with Gasteiger partial charge in [-0.1, -0.05) is 6.07 Å². The molecule has 4 N–H and O–H groups in total. The summed E-state index contributed by atoms with van der Waals surface area (Å²) in [5, 5.41) is 0. The van der Waals surface area contributed by atoms with Crippen molar-refractivity contribution in [1.29, 1.82) is 0 Å². The summed E-state index contributed by atoms with van der Waals surface area (Å²) < 4.78 is 15.3.